The zero-order valence-corrected chi connectivity index (χ0v) is 4.36. The highest BCUT2D eigenvalue weighted by atomic mass is 14.4. The minimum atomic E-state index is 0.208. The Kier molecular flexibility index (Phi) is 0.582. The molecular formula is C5H9B. The molecule has 2 atom stereocenters. The minimum absolute atomic E-state index is 0.208. The van der Waals surface area contributed by atoms with E-state index in [-0.39, 0.29) is 5.31 Å². The van der Waals surface area contributed by atoms with Crippen molar-refractivity contribution in [1.82, 2.24) is 0 Å². The fraction of sp³-hybridized carbons (Fsp3) is 1.00. The van der Waals surface area contributed by atoms with Crippen LogP contribution in [0, 0.1) is 5.92 Å². The SMILES string of the molecule is [B]C1(C)CC1C. The van der Waals surface area contributed by atoms with Crippen LogP contribution in [0.2, 0.25) is 5.31 Å². The molecule has 0 amide bonds. The van der Waals surface area contributed by atoms with Crippen molar-refractivity contribution in [3.63, 3.8) is 0 Å². The van der Waals surface area contributed by atoms with E-state index < -0.39 is 0 Å². The van der Waals surface area contributed by atoms with Crippen molar-refractivity contribution in [3.05, 3.63) is 0 Å². The summed E-state index contributed by atoms with van der Waals surface area (Å²) in [7, 11) is 5.61. The molecule has 0 spiro atoms. The molecule has 0 aromatic rings. The summed E-state index contributed by atoms with van der Waals surface area (Å²) in [5.41, 5.74) is 0. The predicted molar refractivity (Wildman–Crippen MR) is 27.9 cm³/mol. The van der Waals surface area contributed by atoms with Crippen molar-refractivity contribution >= 4 is 7.85 Å². The first-order chi connectivity index (χ1) is 2.63. The van der Waals surface area contributed by atoms with Crippen LogP contribution in [0.1, 0.15) is 20.3 Å². The third kappa shape index (κ3) is 0.465. The number of hydrogen-bond acceptors (Lipinski definition) is 0. The fourth-order valence-electron chi connectivity index (χ4n) is 0.601. The number of rotatable bonds is 0. The lowest BCUT2D eigenvalue weighted by Gasteiger charge is -1.92. The van der Waals surface area contributed by atoms with Crippen molar-refractivity contribution < 1.29 is 0 Å². The van der Waals surface area contributed by atoms with Gasteiger partial charge in [0.15, 0.2) is 0 Å². The van der Waals surface area contributed by atoms with E-state index in [4.69, 9.17) is 7.85 Å². The molecule has 1 aliphatic rings. The normalized spacial score (nSPS) is 55.3. The molecular weight excluding hydrogens is 70.9 g/mol. The van der Waals surface area contributed by atoms with Crippen LogP contribution < -0.4 is 0 Å². The number of hydrogen-bond donors (Lipinski definition) is 0. The summed E-state index contributed by atoms with van der Waals surface area (Å²) < 4.78 is 0. The molecule has 0 nitrogen and oxygen atoms in total. The van der Waals surface area contributed by atoms with Crippen LogP contribution in [0.5, 0.6) is 0 Å². The molecule has 0 saturated heterocycles. The minimum Gasteiger partial charge on any atom is -0.0674 e. The molecule has 0 N–H and O–H groups in total. The van der Waals surface area contributed by atoms with Gasteiger partial charge in [-0.25, -0.2) is 0 Å². The summed E-state index contributed by atoms with van der Waals surface area (Å²) in [4.78, 5) is 0. The lowest BCUT2D eigenvalue weighted by atomic mass is 9.84. The summed E-state index contributed by atoms with van der Waals surface area (Å²) in [5, 5.41) is 0.208. The quantitative estimate of drug-likeness (QED) is 0.385. The van der Waals surface area contributed by atoms with Gasteiger partial charge in [0, 0.05) is 0 Å². The molecule has 0 aromatic carbocycles. The van der Waals surface area contributed by atoms with Gasteiger partial charge in [0.25, 0.3) is 0 Å². The smallest absolute Gasteiger partial charge is 0.0674 e. The molecule has 0 aromatic heterocycles. The average Bonchev–Trinajstić information content (AvgIpc) is 1.73. The van der Waals surface area contributed by atoms with Crippen LogP contribution in [0.3, 0.4) is 0 Å². The van der Waals surface area contributed by atoms with E-state index in [2.05, 4.69) is 13.8 Å². The summed E-state index contributed by atoms with van der Waals surface area (Å²) >= 11 is 0. The van der Waals surface area contributed by atoms with Gasteiger partial charge in [-0.15, -0.1) is 0 Å². The highest BCUT2D eigenvalue weighted by Gasteiger charge is 2.40. The Labute approximate surface area is 40.3 Å². The Bertz CT molecular complexity index is 66.3. The second kappa shape index (κ2) is 0.826. The molecule has 6 heavy (non-hydrogen) atoms. The van der Waals surface area contributed by atoms with Crippen molar-refractivity contribution in [2.24, 2.45) is 5.92 Å². The van der Waals surface area contributed by atoms with E-state index in [0.717, 1.165) is 5.92 Å². The van der Waals surface area contributed by atoms with Gasteiger partial charge in [-0.1, -0.05) is 25.6 Å². The summed E-state index contributed by atoms with van der Waals surface area (Å²) in [6, 6.07) is 0. The maximum Gasteiger partial charge on any atom is 0.0746 e. The third-order valence-corrected chi connectivity index (χ3v) is 1.71. The maximum atomic E-state index is 5.61. The molecule has 1 fully saturated rings. The van der Waals surface area contributed by atoms with E-state index in [1.807, 2.05) is 0 Å². The van der Waals surface area contributed by atoms with Gasteiger partial charge in [0.05, 0.1) is 7.85 Å². The fourth-order valence-corrected chi connectivity index (χ4v) is 0.601. The zero-order valence-electron chi connectivity index (χ0n) is 4.36. The first-order valence-corrected chi connectivity index (χ1v) is 2.42. The van der Waals surface area contributed by atoms with E-state index in [0.29, 0.717) is 0 Å². The van der Waals surface area contributed by atoms with Crippen LogP contribution in [0.25, 0.3) is 0 Å². The first kappa shape index (κ1) is 4.23. The van der Waals surface area contributed by atoms with Gasteiger partial charge in [0.1, 0.15) is 0 Å². The molecule has 0 aliphatic heterocycles. The van der Waals surface area contributed by atoms with Crippen molar-refractivity contribution in [1.29, 1.82) is 0 Å². The highest BCUT2D eigenvalue weighted by molar-refractivity contribution is 6.17. The molecule has 1 heteroatoms. The van der Waals surface area contributed by atoms with Gasteiger partial charge in [-0.2, -0.15) is 0 Å². The second-order valence-corrected chi connectivity index (χ2v) is 2.61. The average molecular weight is 79.9 g/mol. The van der Waals surface area contributed by atoms with Crippen LogP contribution in [-0.2, 0) is 0 Å². The highest BCUT2D eigenvalue weighted by Crippen LogP contribution is 2.55. The monoisotopic (exact) mass is 80.1 g/mol. The van der Waals surface area contributed by atoms with E-state index >= 15 is 0 Å². The Morgan fingerprint density at radius 3 is 2.00 bits per heavy atom. The van der Waals surface area contributed by atoms with E-state index in [9.17, 15) is 0 Å². The third-order valence-electron chi connectivity index (χ3n) is 1.71. The van der Waals surface area contributed by atoms with Gasteiger partial charge in [0.2, 0.25) is 0 Å². The summed E-state index contributed by atoms with van der Waals surface area (Å²) in [6.45, 7) is 4.28. The first-order valence-electron chi connectivity index (χ1n) is 2.42. The molecule has 2 unspecified atom stereocenters. The van der Waals surface area contributed by atoms with Crippen LogP contribution in [0.15, 0.2) is 0 Å². The van der Waals surface area contributed by atoms with Crippen molar-refractivity contribution in [3.8, 4) is 0 Å². The predicted octanol–water partition coefficient (Wildman–Crippen LogP) is 1.37. The maximum absolute atomic E-state index is 5.61. The second-order valence-electron chi connectivity index (χ2n) is 2.61. The van der Waals surface area contributed by atoms with Gasteiger partial charge in [-0.3, -0.25) is 0 Å². The Hall–Kier alpha value is 0.0649. The van der Waals surface area contributed by atoms with Crippen molar-refractivity contribution in [2.75, 3.05) is 0 Å². The Morgan fingerprint density at radius 1 is 1.83 bits per heavy atom. The van der Waals surface area contributed by atoms with Gasteiger partial charge in [-0.05, 0) is 5.92 Å². The zero-order chi connectivity index (χ0) is 4.78. The Balaban J connectivity index is 2.41. The standard InChI is InChI=1S/C5H9B/c1-4-3-5(4,2)6/h4H,3H2,1-2H3. The topological polar surface area (TPSA) is 0 Å². The largest absolute Gasteiger partial charge is 0.0746 e. The lowest BCUT2D eigenvalue weighted by Crippen LogP contribution is -1.81. The summed E-state index contributed by atoms with van der Waals surface area (Å²) in [5.74, 6) is 0.775. The van der Waals surface area contributed by atoms with E-state index in [1.54, 1.807) is 0 Å². The lowest BCUT2D eigenvalue weighted by molar-refractivity contribution is 0.854. The van der Waals surface area contributed by atoms with Crippen molar-refractivity contribution in [2.45, 2.75) is 25.6 Å². The van der Waals surface area contributed by atoms with E-state index in [1.165, 1.54) is 6.42 Å². The van der Waals surface area contributed by atoms with Gasteiger partial charge >= 0.3 is 0 Å². The molecule has 1 aliphatic carbocycles. The van der Waals surface area contributed by atoms with Gasteiger partial charge < -0.3 is 0 Å². The molecule has 2 radical (unpaired) electrons. The molecule has 0 heterocycles. The Morgan fingerprint density at radius 2 is 2.00 bits per heavy atom. The molecule has 1 rings (SSSR count). The summed E-state index contributed by atoms with van der Waals surface area (Å²) in [6.07, 6.45) is 1.22. The molecule has 1 saturated carbocycles. The molecule has 0 bridgehead atoms. The van der Waals surface area contributed by atoms with Crippen LogP contribution in [-0.4, -0.2) is 7.85 Å². The van der Waals surface area contributed by atoms with Crippen LogP contribution in [0.4, 0.5) is 0 Å². The molecule has 32 valence electrons. The van der Waals surface area contributed by atoms with Crippen LogP contribution >= 0.6 is 0 Å².